The minimum absolute atomic E-state index is 0.220. The van der Waals surface area contributed by atoms with Crippen molar-refractivity contribution in [3.63, 3.8) is 0 Å². The first kappa shape index (κ1) is 14.4. The van der Waals surface area contributed by atoms with Crippen LogP contribution in [0.1, 0.15) is 34.3 Å². The molecule has 20 heavy (non-hydrogen) atoms. The number of benzene rings is 1. The van der Waals surface area contributed by atoms with E-state index in [-0.39, 0.29) is 11.9 Å². The highest BCUT2D eigenvalue weighted by molar-refractivity contribution is 5.93. The number of primary amides is 1. The lowest BCUT2D eigenvalue weighted by Crippen LogP contribution is -2.31. The second kappa shape index (κ2) is 5.53. The summed E-state index contributed by atoms with van der Waals surface area (Å²) in [5.74, 6) is 0.00843. The molecule has 1 aliphatic rings. The number of ether oxygens (including phenoxy) is 2. The standard InChI is InChI=1S/C15H19NO4/c1-8-6-11(14(16)17)7-9(2)12(8)20-13(10-4-5-10)15(18)19-3/h6-7,10,13H,4-5H2,1-3H3,(H2,16,17). The molecule has 1 saturated carbocycles. The third-order valence-electron chi connectivity index (χ3n) is 3.47. The number of methoxy groups -OCH3 is 1. The Kier molecular flexibility index (Phi) is 3.97. The Morgan fingerprint density at radius 1 is 1.25 bits per heavy atom. The zero-order chi connectivity index (χ0) is 14.9. The fourth-order valence-electron chi connectivity index (χ4n) is 2.26. The molecule has 1 aliphatic carbocycles. The zero-order valence-electron chi connectivity index (χ0n) is 11.9. The molecule has 2 rings (SSSR count). The van der Waals surface area contributed by atoms with Crippen LogP contribution >= 0.6 is 0 Å². The van der Waals surface area contributed by atoms with E-state index in [2.05, 4.69) is 0 Å². The van der Waals surface area contributed by atoms with Gasteiger partial charge in [-0.3, -0.25) is 4.79 Å². The second-order valence-corrected chi connectivity index (χ2v) is 5.20. The summed E-state index contributed by atoms with van der Waals surface area (Å²) in [6.07, 6.45) is 1.37. The smallest absolute Gasteiger partial charge is 0.347 e. The molecule has 0 heterocycles. The predicted octanol–water partition coefficient (Wildman–Crippen LogP) is 1.73. The van der Waals surface area contributed by atoms with Crippen molar-refractivity contribution < 1.29 is 19.1 Å². The molecular weight excluding hydrogens is 258 g/mol. The van der Waals surface area contributed by atoms with Crippen molar-refractivity contribution in [1.29, 1.82) is 0 Å². The third-order valence-corrected chi connectivity index (χ3v) is 3.47. The van der Waals surface area contributed by atoms with Crippen molar-refractivity contribution in [2.24, 2.45) is 11.7 Å². The average molecular weight is 277 g/mol. The van der Waals surface area contributed by atoms with Gasteiger partial charge in [0, 0.05) is 11.5 Å². The highest BCUT2D eigenvalue weighted by Gasteiger charge is 2.39. The van der Waals surface area contributed by atoms with Gasteiger partial charge < -0.3 is 15.2 Å². The van der Waals surface area contributed by atoms with Crippen LogP contribution in [0.15, 0.2) is 12.1 Å². The molecule has 1 aromatic rings. The minimum Gasteiger partial charge on any atom is -0.478 e. The Bertz CT molecular complexity index is 526. The molecule has 108 valence electrons. The Morgan fingerprint density at radius 3 is 2.20 bits per heavy atom. The Morgan fingerprint density at radius 2 is 1.80 bits per heavy atom. The maximum absolute atomic E-state index is 11.8. The largest absolute Gasteiger partial charge is 0.478 e. The van der Waals surface area contributed by atoms with Crippen LogP contribution in [0.4, 0.5) is 0 Å². The number of amides is 1. The van der Waals surface area contributed by atoms with Crippen molar-refractivity contribution in [3.8, 4) is 5.75 Å². The molecule has 2 N–H and O–H groups in total. The van der Waals surface area contributed by atoms with Gasteiger partial charge in [-0.1, -0.05) is 0 Å². The molecule has 0 bridgehead atoms. The lowest BCUT2D eigenvalue weighted by atomic mass is 10.0. The van der Waals surface area contributed by atoms with E-state index in [1.54, 1.807) is 12.1 Å². The van der Waals surface area contributed by atoms with Gasteiger partial charge in [-0.15, -0.1) is 0 Å². The van der Waals surface area contributed by atoms with Crippen LogP contribution in [0.25, 0.3) is 0 Å². The number of carbonyl (C=O) groups excluding carboxylic acids is 2. The molecule has 5 nitrogen and oxygen atoms in total. The summed E-state index contributed by atoms with van der Waals surface area (Å²) in [5.41, 5.74) is 7.29. The molecule has 0 aromatic heterocycles. The van der Waals surface area contributed by atoms with E-state index in [1.807, 2.05) is 13.8 Å². The number of hydrogen-bond acceptors (Lipinski definition) is 4. The normalized spacial score (nSPS) is 15.6. The van der Waals surface area contributed by atoms with E-state index < -0.39 is 12.0 Å². The topological polar surface area (TPSA) is 78.6 Å². The van der Waals surface area contributed by atoms with Crippen molar-refractivity contribution in [3.05, 3.63) is 28.8 Å². The van der Waals surface area contributed by atoms with Crippen LogP contribution in [-0.4, -0.2) is 25.1 Å². The van der Waals surface area contributed by atoms with E-state index in [0.29, 0.717) is 11.3 Å². The van der Waals surface area contributed by atoms with Gasteiger partial charge in [-0.25, -0.2) is 4.79 Å². The Labute approximate surface area is 118 Å². The summed E-state index contributed by atoms with van der Waals surface area (Å²) in [6.45, 7) is 3.66. The molecule has 1 fully saturated rings. The molecule has 5 heteroatoms. The molecule has 1 amide bonds. The summed E-state index contributed by atoms with van der Waals surface area (Å²) in [5, 5.41) is 0. The quantitative estimate of drug-likeness (QED) is 0.831. The van der Waals surface area contributed by atoms with E-state index in [4.69, 9.17) is 15.2 Å². The fraction of sp³-hybridized carbons (Fsp3) is 0.467. The summed E-state index contributed by atoms with van der Waals surface area (Å²) in [7, 11) is 1.36. The van der Waals surface area contributed by atoms with Crippen LogP contribution < -0.4 is 10.5 Å². The molecule has 0 spiro atoms. The van der Waals surface area contributed by atoms with E-state index >= 15 is 0 Å². The van der Waals surface area contributed by atoms with E-state index in [0.717, 1.165) is 24.0 Å². The van der Waals surface area contributed by atoms with Gasteiger partial charge in [-0.05, 0) is 49.9 Å². The maximum atomic E-state index is 11.8. The third kappa shape index (κ3) is 2.92. The predicted molar refractivity (Wildman–Crippen MR) is 73.6 cm³/mol. The molecule has 0 aliphatic heterocycles. The summed E-state index contributed by atoms with van der Waals surface area (Å²) < 4.78 is 10.7. The number of rotatable bonds is 5. The summed E-state index contributed by atoms with van der Waals surface area (Å²) >= 11 is 0. The van der Waals surface area contributed by atoms with Crippen molar-refractivity contribution in [2.45, 2.75) is 32.8 Å². The van der Waals surface area contributed by atoms with Crippen molar-refractivity contribution in [1.82, 2.24) is 0 Å². The van der Waals surface area contributed by atoms with Crippen molar-refractivity contribution in [2.75, 3.05) is 7.11 Å². The molecule has 0 saturated heterocycles. The van der Waals surface area contributed by atoms with Gasteiger partial charge in [0.25, 0.3) is 0 Å². The number of hydrogen-bond donors (Lipinski definition) is 1. The molecule has 1 aromatic carbocycles. The number of carbonyl (C=O) groups is 2. The van der Waals surface area contributed by atoms with Gasteiger partial charge in [0.1, 0.15) is 5.75 Å². The highest BCUT2D eigenvalue weighted by atomic mass is 16.6. The Hall–Kier alpha value is -2.04. The Balaban J connectivity index is 2.28. The first-order valence-electron chi connectivity index (χ1n) is 6.59. The highest BCUT2D eigenvalue weighted by Crippen LogP contribution is 2.37. The lowest BCUT2D eigenvalue weighted by molar-refractivity contribution is -0.149. The van der Waals surface area contributed by atoms with Gasteiger partial charge >= 0.3 is 5.97 Å². The SMILES string of the molecule is COC(=O)C(Oc1c(C)cc(C(N)=O)cc1C)C1CC1. The van der Waals surface area contributed by atoms with Crippen LogP contribution in [0.5, 0.6) is 5.75 Å². The van der Waals surface area contributed by atoms with Gasteiger partial charge in [0.05, 0.1) is 7.11 Å². The second-order valence-electron chi connectivity index (χ2n) is 5.20. The van der Waals surface area contributed by atoms with Gasteiger partial charge in [0.15, 0.2) is 6.10 Å². The monoisotopic (exact) mass is 277 g/mol. The molecule has 1 atom stereocenters. The van der Waals surface area contributed by atoms with Crippen LogP contribution in [0.2, 0.25) is 0 Å². The number of nitrogens with two attached hydrogens (primary N) is 1. The summed E-state index contributed by atoms with van der Waals surface area (Å²) in [4.78, 5) is 23.0. The fourth-order valence-corrected chi connectivity index (χ4v) is 2.26. The average Bonchev–Trinajstić information content (AvgIpc) is 3.21. The van der Waals surface area contributed by atoms with Gasteiger partial charge in [-0.2, -0.15) is 0 Å². The maximum Gasteiger partial charge on any atom is 0.347 e. The van der Waals surface area contributed by atoms with Crippen LogP contribution in [0, 0.1) is 19.8 Å². The van der Waals surface area contributed by atoms with E-state index in [9.17, 15) is 9.59 Å². The van der Waals surface area contributed by atoms with Crippen molar-refractivity contribution >= 4 is 11.9 Å². The summed E-state index contributed by atoms with van der Waals surface area (Å²) in [6, 6.07) is 3.35. The molecular formula is C15H19NO4. The van der Waals surface area contributed by atoms with Crippen LogP contribution in [0.3, 0.4) is 0 Å². The van der Waals surface area contributed by atoms with Gasteiger partial charge in [0.2, 0.25) is 5.91 Å². The first-order chi connectivity index (χ1) is 9.43. The molecule has 1 unspecified atom stereocenters. The first-order valence-corrected chi connectivity index (χ1v) is 6.59. The van der Waals surface area contributed by atoms with E-state index in [1.165, 1.54) is 7.11 Å². The minimum atomic E-state index is -0.572. The lowest BCUT2D eigenvalue weighted by Gasteiger charge is -2.20. The number of esters is 1. The van der Waals surface area contributed by atoms with Crippen LogP contribution in [-0.2, 0) is 9.53 Å². The molecule has 0 radical (unpaired) electrons. The zero-order valence-corrected chi connectivity index (χ0v) is 11.9. The number of aryl methyl sites for hydroxylation is 2.